The summed E-state index contributed by atoms with van der Waals surface area (Å²) >= 11 is 0. The summed E-state index contributed by atoms with van der Waals surface area (Å²) in [5.74, 6) is 0.847. The van der Waals surface area contributed by atoms with Crippen molar-refractivity contribution in [3.05, 3.63) is 42.7 Å². The van der Waals surface area contributed by atoms with Crippen molar-refractivity contribution in [3.8, 4) is 0 Å². The molecular formula is C20H23N7O2. The third-order valence-electron chi connectivity index (χ3n) is 5.68. The second-order valence-electron chi connectivity index (χ2n) is 7.40. The van der Waals surface area contributed by atoms with Gasteiger partial charge >= 0.3 is 0 Å². The third-order valence-corrected chi connectivity index (χ3v) is 5.68. The van der Waals surface area contributed by atoms with Crippen LogP contribution in [0.25, 0.3) is 11.2 Å². The minimum atomic E-state index is -0.00110. The number of anilines is 1. The lowest BCUT2D eigenvalue weighted by atomic mass is 10.1. The van der Waals surface area contributed by atoms with Gasteiger partial charge in [-0.15, -0.1) is 0 Å². The van der Waals surface area contributed by atoms with E-state index in [0.717, 1.165) is 56.1 Å². The Hall–Kier alpha value is -3.07. The number of rotatable bonds is 3. The highest BCUT2D eigenvalue weighted by Gasteiger charge is 2.24. The molecule has 3 aromatic rings. The number of piperazine rings is 1. The Morgan fingerprint density at radius 2 is 1.83 bits per heavy atom. The maximum Gasteiger partial charge on any atom is 0.255 e. The first-order chi connectivity index (χ1) is 14.3. The minimum absolute atomic E-state index is 0.00110. The molecule has 5 rings (SSSR count). The smallest absolute Gasteiger partial charge is 0.255 e. The molecule has 2 fully saturated rings. The van der Waals surface area contributed by atoms with E-state index < -0.39 is 0 Å². The molecule has 9 heteroatoms. The van der Waals surface area contributed by atoms with E-state index in [1.165, 1.54) is 0 Å². The normalized spacial score (nSPS) is 18.3. The van der Waals surface area contributed by atoms with Crippen LogP contribution in [0, 0.1) is 0 Å². The molecule has 0 saturated carbocycles. The molecule has 0 N–H and O–H groups in total. The van der Waals surface area contributed by atoms with Crippen molar-refractivity contribution >= 4 is 22.9 Å². The van der Waals surface area contributed by atoms with Gasteiger partial charge < -0.3 is 19.1 Å². The first kappa shape index (κ1) is 18.0. The molecule has 0 bridgehead atoms. The fourth-order valence-corrected chi connectivity index (χ4v) is 4.04. The number of carbonyl (C=O) groups excluding carboxylic acids is 1. The molecule has 0 unspecified atom stereocenters. The number of carbonyl (C=O) groups is 1. The summed E-state index contributed by atoms with van der Waals surface area (Å²) in [6.45, 7) is 4.29. The maximum atomic E-state index is 13.0. The second kappa shape index (κ2) is 7.75. The Morgan fingerprint density at radius 1 is 1.00 bits per heavy atom. The van der Waals surface area contributed by atoms with Gasteiger partial charge in [-0.1, -0.05) is 0 Å². The summed E-state index contributed by atoms with van der Waals surface area (Å²) in [5, 5.41) is 0. The van der Waals surface area contributed by atoms with Crippen LogP contribution in [0.1, 0.15) is 29.2 Å². The number of ether oxygens (including phenoxy) is 1. The van der Waals surface area contributed by atoms with Crippen molar-refractivity contribution in [2.24, 2.45) is 0 Å². The first-order valence-electron chi connectivity index (χ1n) is 10.00. The zero-order chi connectivity index (χ0) is 19.6. The zero-order valence-electron chi connectivity index (χ0n) is 16.1. The van der Waals surface area contributed by atoms with E-state index in [4.69, 9.17) is 4.74 Å². The average Bonchev–Trinajstić information content (AvgIpc) is 3.23. The SMILES string of the molecule is O=C(c1cnc2c(c1)ncn2C1CCOCC1)N1CCN(c2cnccn2)CC1. The summed E-state index contributed by atoms with van der Waals surface area (Å²) in [7, 11) is 0. The minimum Gasteiger partial charge on any atom is -0.381 e. The fraction of sp³-hybridized carbons (Fsp3) is 0.450. The molecule has 0 atom stereocenters. The number of imidazole rings is 1. The van der Waals surface area contributed by atoms with E-state index in [9.17, 15) is 4.79 Å². The van der Waals surface area contributed by atoms with Crippen molar-refractivity contribution in [2.75, 3.05) is 44.3 Å². The molecule has 0 aromatic carbocycles. The molecule has 150 valence electrons. The van der Waals surface area contributed by atoms with Gasteiger partial charge in [-0.3, -0.25) is 9.78 Å². The summed E-state index contributed by atoms with van der Waals surface area (Å²) in [6.07, 6.45) is 10.5. The summed E-state index contributed by atoms with van der Waals surface area (Å²) in [5.41, 5.74) is 2.18. The van der Waals surface area contributed by atoms with Gasteiger partial charge in [-0.25, -0.2) is 15.0 Å². The molecule has 0 spiro atoms. The standard InChI is InChI=1S/C20H23N7O2/c28-20(26-7-5-25(6-8-26)18-13-21-3-4-22-18)15-11-17-19(23-12-15)27(14-24-17)16-1-9-29-10-2-16/h3-4,11-14,16H,1-2,5-10H2. The number of pyridine rings is 1. The van der Waals surface area contributed by atoms with E-state index in [1.807, 2.05) is 17.3 Å². The topological polar surface area (TPSA) is 89.3 Å². The van der Waals surface area contributed by atoms with Crippen molar-refractivity contribution < 1.29 is 9.53 Å². The van der Waals surface area contributed by atoms with Crippen LogP contribution in [0.15, 0.2) is 37.2 Å². The van der Waals surface area contributed by atoms with Crippen LogP contribution >= 0.6 is 0 Å². The van der Waals surface area contributed by atoms with Crippen molar-refractivity contribution in [1.29, 1.82) is 0 Å². The van der Waals surface area contributed by atoms with Gasteiger partial charge in [0.05, 0.1) is 18.1 Å². The molecule has 0 aliphatic carbocycles. The quantitative estimate of drug-likeness (QED) is 0.667. The first-order valence-corrected chi connectivity index (χ1v) is 10.00. The lowest BCUT2D eigenvalue weighted by Gasteiger charge is -2.35. The van der Waals surface area contributed by atoms with Gasteiger partial charge in [0.25, 0.3) is 5.91 Å². The van der Waals surface area contributed by atoms with Crippen LogP contribution in [-0.4, -0.2) is 74.7 Å². The highest BCUT2D eigenvalue weighted by molar-refractivity contribution is 5.96. The summed E-state index contributed by atoms with van der Waals surface area (Å²) in [6, 6.07) is 2.21. The van der Waals surface area contributed by atoms with Gasteiger partial charge in [0.2, 0.25) is 0 Å². The molecule has 2 saturated heterocycles. The highest BCUT2D eigenvalue weighted by atomic mass is 16.5. The fourth-order valence-electron chi connectivity index (χ4n) is 4.04. The molecular weight excluding hydrogens is 370 g/mol. The van der Waals surface area contributed by atoms with Gasteiger partial charge in [-0.05, 0) is 18.9 Å². The highest BCUT2D eigenvalue weighted by Crippen LogP contribution is 2.25. The van der Waals surface area contributed by atoms with Crippen LogP contribution in [0.4, 0.5) is 5.82 Å². The van der Waals surface area contributed by atoms with Crippen LogP contribution in [0.5, 0.6) is 0 Å². The Bertz CT molecular complexity index is 992. The van der Waals surface area contributed by atoms with Gasteiger partial charge in [0.1, 0.15) is 11.3 Å². The molecule has 2 aliphatic heterocycles. The van der Waals surface area contributed by atoms with Crippen LogP contribution in [0.3, 0.4) is 0 Å². The summed E-state index contributed by atoms with van der Waals surface area (Å²) in [4.78, 5) is 34.5. The van der Waals surface area contributed by atoms with Crippen LogP contribution in [-0.2, 0) is 4.74 Å². The Morgan fingerprint density at radius 3 is 2.59 bits per heavy atom. The Kier molecular flexibility index (Phi) is 4.81. The lowest BCUT2D eigenvalue weighted by molar-refractivity contribution is 0.0704. The second-order valence-corrected chi connectivity index (χ2v) is 7.40. The molecule has 5 heterocycles. The van der Waals surface area contributed by atoms with E-state index >= 15 is 0 Å². The van der Waals surface area contributed by atoms with Crippen molar-refractivity contribution in [1.82, 2.24) is 29.4 Å². The summed E-state index contributed by atoms with van der Waals surface area (Å²) < 4.78 is 7.57. The van der Waals surface area contributed by atoms with Crippen molar-refractivity contribution in [3.63, 3.8) is 0 Å². The predicted molar refractivity (Wildman–Crippen MR) is 107 cm³/mol. The van der Waals surface area contributed by atoms with E-state index in [2.05, 4.69) is 29.4 Å². The molecule has 29 heavy (non-hydrogen) atoms. The third kappa shape index (κ3) is 3.53. The molecule has 0 radical (unpaired) electrons. The molecule has 9 nitrogen and oxygen atoms in total. The zero-order valence-corrected chi connectivity index (χ0v) is 16.1. The molecule has 1 amide bonds. The van der Waals surface area contributed by atoms with E-state index in [0.29, 0.717) is 24.7 Å². The Balaban J connectivity index is 1.29. The molecule has 3 aromatic heterocycles. The maximum absolute atomic E-state index is 13.0. The average molecular weight is 393 g/mol. The molecule has 2 aliphatic rings. The van der Waals surface area contributed by atoms with Gasteiger partial charge in [0.15, 0.2) is 5.65 Å². The number of nitrogens with zero attached hydrogens (tertiary/aromatic N) is 7. The largest absolute Gasteiger partial charge is 0.381 e. The van der Waals surface area contributed by atoms with Gasteiger partial charge in [-0.2, -0.15) is 0 Å². The number of aromatic nitrogens is 5. The van der Waals surface area contributed by atoms with E-state index in [1.54, 1.807) is 24.8 Å². The van der Waals surface area contributed by atoms with Crippen LogP contribution < -0.4 is 4.90 Å². The Labute approximate surface area is 168 Å². The van der Waals surface area contributed by atoms with Crippen molar-refractivity contribution in [2.45, 2.75) is 18.9 Å². The lowest BCUT2D eigenvalue weighted by Crippen LogP contribution is -2.49. The number of hydrogen-bond donors (Lipinski definition) is 0. The van der Waals surface area contributed by atoms with E-state index in [-0.39, 0.29) is 5.91 Å². The number of hydrogen-bond acceptors (Lipinski definition) is 7. The van der Waals surface area contributed by atoms with Crippen LogP contribution in [0.2, 0.25) is 0 Å². The van der Waals surface area contributed by atoms with Gasteiger partial charge in [0, 0.05) is 64.0 Å². The monoisotopic (exact) mass is 393 g/mol. The number of fused-ring (bicyclic) bond motifs is 1. The number of amides is 1. The predicted octanol–water partition coefficient (Wildman–Crippen LogP) is 1.54.